The van der Waals surface area contributed by atoms with Gasteiger partial charge in [0.1, 0.15) is 0 Å². The van der Waals surface area contributed by atoms with Crippen LogP contribution >= 0.6 is 0 Å². The van der Waals surface area contributed by atoms with Gasteiger partial charge in [-0.25, -0.2) is 0 Å². The maximum Gasteiger partial charge on any atom is 0.237 e. The third-order valence-electron chi connectivity index (χ3n) is 2.93. The van der Waals surface area contributed by atoms with Crippen LogP contribution in [0.25, 0.3) is 0 Å². The molecule has 4 N–H and O–H groups in total. The first-order valence-electron chi connectivity index (χ1n) is 5.33. The molecule has 1 heterocycles. The predicted octanol–water partition coefficient (Wildman–Crippen LogP) is 0.0651. The van der Waals surface area contributed by atoms with Gasteiger partial charge >= 0.3 is 0 Å². The molecule has 0 bridgehead atoms. The van der Waals surface area contributed by atoms with E-state index in [0.29, 0.717) is 6.42 Å². The van der Waals surface area contributed by atoms with Crippen LogP contribution in [0, 0.1) is 0 Å². The van der Waals surface area contributed by atoms with Crippen molar-refractivity contribution in [3.8, 4) is 0 Å². The summed E-state index contributed by atoms with van der Waals surface area (Å²) in [6.07, 6.45) is 4.24. The summed E-state index contributed by atoms with van der Waals surface area (Å²) in [5.74, 6) is -0.404. The lowest BCUT2D eigenvalue weighted by atomic mass is 9.96. The quantitative estimate of drug-likeness (QED) is 0.658. The number of carbonyl (C=O) groups excluding carboxylic acids is 1. The first-order valence-corrected chi connectivity index (χ1v) is 5.33. The molecule has 0 aromatic heterocycles. The Morgan fingerprint density at radius 1 is 1.43 bits per heavy atom. The fourth-order valence-corrected chi connectivity index (χ4v) is 1.80. The molecule has 0 aromatic rings. The van der Waals surface area contributed by atoms with Crippen LogP contribution < -0.4 is 11.5 Å². The van der Waals surface area contributed by atoms with E-state index in [1.165, 1.54) is 25.9 Å². The first-order chi connectivity index (χ1) is 6.52. The number of nitrogens with two attached hydrogens (primary N) is 2. The van der Waals surface area contributed by atoms with Crippen molar-refractivity contribution in [1.29, 1.82) is 0 Å². The van der Waals surface area contributed by atoms with Gasteiger partial charge in [-0.15, -0.1) is 0 Å². The minimum absolute atomic E-state index is 0.404. The molecule has 1 unspecified atom stereocenters. The zero-order chi connectivity index (χ0) is 10.6. The van der Waals surface area contributed by atoms with Crippen LogP contribution in [0.3, 0.4) is 0 Å². The molecule has 1 saturated heterocycles. The lowest BCUT2D eigenvalue weighted by Gasteiger charge is -2.22. The lowest BCUT2D eigenvalue weighted by molar-refractivity contribution is -0.122. The number of carbonyl (C=O) groups is 1. The van der Waals surface area contributed by atoms with Crippen molar-refractivity contribution >= 4 is 5.91 Å². The van der Waals surface area contributed by atoms with E-state index in [1.807, 2.05) is 0 Å². The highest BCUT2D eigenvalue weighted by molar-refractivity contribution is 5.83. The number of rotatable bonds is 5. The van der Waals surface area contributed by atoms with Gasteiger partial charge in [0.2, 0.25) is 5.91 Å². The maximum absolute atomic E-state index is 10.9. The summed E-state index contributed by atoms with van der Waals surface area (Å²) in [4.78, 5) is 13.3. The molecule has 1 amide bonds. The molecule has 1 aliphatic heterocycles. The number of hydrogen-bond donors (Lipinski definition) is 2. The van der Waals surface area contributed by atoms with Gasteiger partial charge in [0.05, 0.1) is 5.54 Å². The van der Waals surface area contributed by atoms with Gasteiger partial charge in [0, 0.05) is 0 Å². The standard InChI is InChI=1S/C10H21N3O/c1-10(12,9(11)14)5-4-8-13-6-2-3-7-13/h2-8,12H2,1H3,(H2,11,14). The van der Waals surface area contributed by atoms with Gasteiger partial charge in [0.25, 0.3) is 0 Å². The third kappa shape index (κ3) is 3.27. The van der Waals surface area contributed by atoms with E-state index < -0.39 is 11.4 Å². The number of primary amides is 1. The second-order valence-corrected chi connectivity index (χ2v) is 4.43. The molecule has 14 heavy (non-hydrogen) atoms. The molecule has 0 aromatic carbocycles. The summed E-state index contributed by atoms with van der Waals surface area (Å²) in [6.45, 7) is 5.13. The van der Waals surface area contributed by atoms with Gasteiger partial charge < -0.3 is 16.4 Å². The highest BCUT2D eigenvalue weighted by atomic mass is 16.1. The van der Waals surface area contributed by atoms with Crippen LogP contribution in [0.5, 0.6) is 0 Å². The molecule has 1 aliphatic rings. The second kappa shape index (κ2) is 4.75. The fourth-order valence-electron chi connectivity index (χ4n) is 1.80. The van der Waals surface area contributed by atoms with Crippen LogP contribution in [-0.4, -0.2) is 36.0 Å². The van der Waals surface area contributed by atoms with E-state index in [9.17, 15) is 4.79 Å². The summed E-state index contributed by atoms with van der Waals surface area (Å²) in [7, 11) is 0. The summed E-state index contributed by atoms with van der Waals surface area (Å²) >= 11 is 0. The zero-order valence-corrected chi connectivity index (χ0v) is 8.96. The summed E-state index contributed by atoms with van der Waals surface area (Å²) in [5.41, 5.74) is 10.1. The second-order valence-electron chi connectivity index (χ2n) is 4.43. The van der Waals surface area contributed by atoms with Crippen molar-refractivity contribution in [2.45, 2.75) is 38.1 Å². The van der Waals surface area contributed by atoms with E-state index in [0.717, 1.165) is 13.0 Å². The molecule has 0 spiro atoms. The molecule has 0 aliphatic carbocycles. The van der Waals surface area contributed by atoms with E-state index >= 15 is 0 Å². The highest BCUT2D eigenvalue weighted by Gasteiger charge is 2.25. The Morgan fingerprint density at radius 2 is 2.00 bits per heavy atom. The summed E-state index contributed by atoms with van der Waals surface area (Å²) in [6, 6.07) is 0. The van der Waals surface area contributed by atoms with Gasteiger partial charge in [-0.1, -0.05) is 0 Å². The Balaban J connectivity index is 2.16. The number of hydrogen-bond acceptors (Lipinski definition) is 3. The largest absolute Gasteiger partial charge is 0.368 e. The van der Waals surface area contributed by atoms with Crippen molar-refractivity contribution < 1.29 is 4.79 Å². The number of amides is 1. The third-order valence-corrected chi connectivity index (χ3v) is 2.93. The Morgan fingerprint density at radius 3 is 2.50 bits per heavy atom. The van der Waals surface area contributed by atoms with Crippen molar-refractivity contribution in [2.75, 3.05) is 19.6 Å². The zero-order valence-electron chi connectivity index (χ0n) is 8.96. The van der Waals surface area contributed by atoms with Crippen molar-refractivity contribution in [1.82, 2.24) is 4.90 Å². The van der Waals surface area contributed by atoms with Crippen LogP contribution in [0.4, 0.5) is 0 Å². The highest BCUT2D eigenvalue weighted by Crippen LogP contribution is 2.12. The minimum atomic E-state index is -0.834. The number of likely N-dealkylation sites (tertiary alicyclic amines) is 1. The smallest absolute Gasteiger partial charge is 0.237 e. The van der Waals surface area contributed by atoms with Gasteiger partial charge in [-0.2, -0.15) is 0 Å². The Kier molecular flexibility index (Phi) is 3.89. The topological polar surface area (TPSA) is 72.3 Å². The number of nitrogens with zero attached hydrogens (tertiary/aromatic N) is 1. The minimum Gasteiger partial charge on any atom is -0.368 e. The maximum atomic E-state index is 10.9. The monoisotopic (exact) mass is 199 g/mol. The van der Waals surface area contributed by atoms with Crippen molar-refractivity contribution in [2.24, 2.45) is 11.5 Å². The van der Waals surface area contributed by atoms with Crippen LogP contribution in [-0.2, 0) is 4.79 Å². The van der Waals surface area contributed by atoms with Gasteiger partial charge in [0.15, 0.2) is 0 Å². The molecule has 1 fully saturated rings. The molecule has 4 nitrogen and oxygen atoms in total. The predicted molar refractivity (Wildman–Crippen MR) is 56.7 cm³/mol. The molecule has 0 saturated carbocycles. The SMILES string of the molecule is CC(N)(CCCN1CCCC1)C(N)=O. The van der Waals surface area contributed by atoms with E-state index in [2.05, 4.69) is 4.90 Å². The van der Waals surface area contributed by atoms with Crippen molar-refractivity contribution in [3.05, 3.63) is 0 Å². The van der Waals surface area contributed by atoms with Crippen LogP contribution in [0.15, 0.2) is 0 Å². The molecule has 4 heteroatoms. The molecule has 1 rings (SSSR count). The average Bonchev–Trinajstić information content (AvgIpc) is 2.56. The van der Waals surface area contributed by atoms with E-state index in [4.69, 9.17) is 11.5 Å². The lowest BCUT2D eigenvalue weighted by Crippen LogP contribution is -2.49. The normalized spacial score (nSPS) is 22.1. The summed E-state index contributed by atoms with van der Waals surface area (Å²) < 4.78 is 0. The molecular weight excluding hydrogens is 178 g/mol. The Labute approximate surface area is 85.6 Å². The average molecular weight is 199 g/mol. The molecule has 1 atom stereocenters. The molecule has 0 radical (unpaired) electrons. The van der Waals surface area contributed by atoms with Crippen LogP contribution in [0.2, 0.25) is 0 Å². The summed E-state index contributed by atoms with van der Waals surface area (Å²) in [5, 5.41) is 0. The van der Waals surface area contributed by atoms with E-state index in [1.54, 1.807) is 6.92 Å². The van der Waals surface area contributed by atoms with Gasteiger partial charge in [-0.05, 0) is 52.2 Å². The molecule has 82 valence electrons. The Hall–Kier alpha value is -0.610. The van der Waals surface area contributed by atoms with Crippen LogP contribution in [0.1, 0.15) is 32.6 Å². The Bertz CT molecular complexity index is 198. The van der Waals surface area contributed by atoms with E-state index in [-0.39, 0.29) is 0 Å². The fraction of sp³-hybridized carbons (Fsp3) is 0.900. The first kappa shape index (κ1) is 11.5. The molecular formula is C10H21N3O. The van der Waals surface area contributed by atoms with Crippen molar-refractivity contribution in [3.63, 3.8) is 0 Å². The van der Waals surface area contributed by atoms with Gasteiger partial charge in [-0.3, -0.25) is 4.79 Å².